The maximum Gasteiger partial charge on any atom is 0.282 e. The van der Waals surface area contributed by atoms with Crippen LogP contribution in [0.1, 0.15) is 24.2 Å². The van der Waals surface area contributed by atoms with Gasteiger partial charge in [0, 0.05) is 16.3 Å². The lowest BCUT2D eigenvalue weighted by molar-refractivity contribution is -0.914. The van der Waals surface area contributed by atoms with E-state index in [1.165, 1.54) is 11.8 Å². The molecule has 1 aliphatic rings. The Labute approximate surface area is 164 Å². The summed E-state index contributed by atoms with van der Waals surface area (Å²) < 4.78 is 0. The number of nitrogens with one attached hydrogen (secondary N) is 2. The van der Waals surface area contributed by atoms with Gasteiger partial charge < -0.3 is 15.1 Å². The predicted molar refractivity (Wildman–Crippen MR) is 109 cm³/mol. The first kappa shape index (κ1) is 19.4. The first-order valence-corrected chi connectivity index (χ1v) is 9.59. The van der Waals surface area contributed by atoms with Crippen molar-refractivity contribution in [1.29, 1.82) is 0 Å². The molecule has 0 radical (unpaired) electrons. The molecule has 1 amide bonds. The fourth-order valence-electron chi connectivity index (χ4n) is 3.48. The number of amides is 1. The predicted octanol–water partition coefficient (Wildman–Crippen LogP) is 2.27. The molecule has 1 atom stereocenters. The number of para-hydroxylation sites is 1. The van der Waals surface area contributed by atoms with E-state index in [9.17, 15) is 9.59 Å². The van der Waals surface area contributed by atoms with E-state index in [0.29, 0.717) is 11.3 Å². The first-order chi connectivity index (χ1) is 13.0. The molecule has 1 heterocycles. The first-order valence-electron chi connectivity index (χ1n) is 9.21. The van der Waals surface area contributed by atoms with Crippen molar-refractivity contribution in [3.05, 3.63) is 59.1 Å². The highest BCUT2D eigenvalue weighted by Crippen LogP contribution is 2.19. The van der Waals surface area contributed by atoms with Gasteiger partial charge in [-0.3, -0.25) is 9.59 Å². The van der Waals surface area contributed by atoms with Crippen molar-refractivity contribution in [1.82, 2.24) is 0 Å². The molecule has 0 saturated carbocycles. The number of quaternary nitrogens is 1. The molecule has 0 unspecified atom stereocenters. The summed E-state index contributed by atoms with van der Waals surface area (Å²) in [5.74, 6) is -0.115. The van der Waals surface area contributed by atoms with E-state index in [-0.39, 0.29) is 17.7 Å². The number of hydrogen-bond acceptors (Lipinski definition) is 3. The van der Waals surface area contributed by atoms with E-state index < -0.39 is 0 Å². The molecule has 6 heteroatoms. The van der Waals surface area contributed by atoms with Gasteiger partial charge in [-0.2, -0.15) is 0 Å². The van der Waals surface area contributed by atoms with Crippen LogP contribution in [0.3, 0.4) is 0 Å². The number of nitrogens with zero attached hydrogens (tertiary/aromatic N) is 1. The minimum atomic E-state index is -0.188. The lowest BCUT2D eigenvalue weighted by Gasteiger charge is -2.36. The third-order valence-electron chi connectivity index (χ3n) is 5.15. The number of ketones is 1. The summed E-state index contributed by atoms with van der Waals surface area (Å²) in [7, 11) is 0. The molecule has 2 aromatic rings. The molecule has 2 N–H and O–H groups in total. The minimum Gasteiger partial charge on any atom is -0.360 e. The lowest BCUT2D eigenvalue weighted by Crippen LogP contribution is -3.19. The molecule has 0 aromatic heterocycles. The number of piperazine rings is 1. The maximum atomic E-state index is 12.7. The Morgan fingerprint density at radius 1 is 1.11 bits per heavy atom. The summed E-state index contributed by atoms with van der Waals surface area (Å²) in [4.78, 5) is 28.0. The minimum absolute atomic E-state index is 0.0546. The Kier molecular flexibility index (Phi) is 6.14. The Morgan fingerprint density at radius 2 is 1.81 bits per heavy atom. The monoisotopic (exact) mass is 386 g/mol. The van der Waals surface area contributed by atoms with Gasteiger partial charge in [0.1, 0.15) is 0 Å². The van der Waals surface area contributed by atoms with Crippen LogP contribution in [0.4, 0.5) is 11.4 Å². The standard InChI is InChI=1S/C21H24ClN3O2/c1-15(21(27)23-20-9-4-3-8-19(20)16(2)26)24-10-12-25(13-11-24)18-7-5-6-17(22)14-18/h3-9,14-15H,10-13H2,1-2H3,(H,23,27)/p+1/t15-/m1/s1. The van der Waals surface area contributed by atoms with Crippen LogP contribution in [0.5, 0.6) is 0 Å². The molecular formula is C21H25ClN3O2+. The van der Waals surface area contributed by atoms with Crippen LogP contribution in [0, 0.1) is 0 Å². The second kappa shape index (κ2) is 8.55. The highest BCUT2D eigenvalue weighted by atomic mass is 35.5. The van der Waals surface area contributed by atoms with Crippen LogP contribution >= 0.6 is 11.6 Å². The summed E-state index contributed by atoms with van der Waals surface area (Å²) >= 11 is 6.09. The molecule has 1 saturated heterocycles. The van der Waals surface area contributed by atoms with Gasteiger partial charge in [0.05, 0.1) is 31.9 Å². The highest BCUT2D eigenvalue weighted by Gasteiger charge is 2.29. The van der Waals surface area contributed by atoms with E-state index in [1.54, 1.807) is 18.2 Å². The summed E-state index contributed by atoms with van der Waals surface area (Å²) in [6.07, 6.45) is 0. The number of carbonyl (C=O) groups is 2. The largest absolute Gasteiger partial charge is 0.360 e. The number of hydrogen-bond donors (Lipinski definition) is 2. The van der Waals surface area contributed by atoms with E-state index in [2.05, 4.69) is 16.3 Å². The Morgan fingerprint density at radius 3 is 2.48 bits per heavy atom. The zero-order valence-electron chi connectivity index (χ0n) is 15.7. The molecule has 27 heavy (non-hydrogen) atoms. The molecule has 0 aliphatic carbocycles. The molecule has 5 nitrogen and oxygen atoms in total. The number of rotatable bonds is 5. The van der Waals surface area contributed by atoms with Crippen molar-refractivity contribution in [2.75, 3.05) is 36.4 Å². The third kappa shape index (κ3) is 4.67. The smallest absolute Gasteiger partial charge is 0.282 e. The lowest BCUT2D eigenvalue weighted by atomic mass is 10.1. The number of Topliss-reactive ketones (excluding diaryl/α,β-unsaturated/α-hetero) is 1. The van der Waals surface area contributed by atoms with Gasteiger partial charge in [0.15, 0.2) is 11.8 Å². The van der Waals surface area contributed by atoms with Gasteiger partial charge in [-0.25, -0.2) is 0 Å². The Balaban J connectivity index is 1.60. The van der Waals surface area contributed by atoms with Crippen molar-refractivity contribution in [2.24, 2.45) is 0 Å². The third-order valence-corrected chi connectivity index (χ3v) is 5.38. The molecule has 142 valence electrons. The quantitative estimate of drug-likeness (QED) is 0.775. The van der Waals surface area contributed by atoms with Crippen LogP contribution in [0.2, 0.25) is 5.02 Å². The number of carbonyl (C=O) groups excluding carboxylic acids is 2. The van der Waals surface area contributed by atoms with Crippen molar-refractivity contribution in [3.8, 4) is 0 Å². The van der Waals surface area contributed by atoms with Gasteiger partial charge in [-0.15, -0.1) is 0 Å². The summed E-state index contributed by atoms with van der Waals surface area (Å²) in [5.41, 5.74) is 2.24. The summed E-state index contributed by atoms with van der Waals surface area (Å²) in [6.45, 7) is 6.93. The van der Waals surface area contributed by atoms with Gasteiger partial charge >= 0.3 is 0 Å². The summed E-state index contributed by atoms with van der Waals surface area (Å²) in [6, 6.07) is 14.8. The van der Waals surface area contributed by atoms with Crippen molar-refractivity contribution >= 4 is 34.7 Å². The molecule has 2 aromatic carbocycles. The topological polar surface area (TPSA) is 53.9 Å². The zero-order chi connectivity index (χ0) is 19.4. The molecule has 0 bridgehead atoms. The van der Waals surface area contributed by atoms with E-state index >= 15 is 0 Å². The second-order valence-electron chi connectivity index (χ2n) is 6.94. The maximum absolute atomic E-state index is 12.7. The average Bonchev–Trinajstić information content (AvgIpc) is 2.67. The van der Waals surface area contributed by atoms with E-state index in [4.69, 9.17) is 11.6 Å². The fraction of sp³-hybridized carbons (Fsp3) is 0.333. The molecule has 3 rings (SSSR count). The molecule has 1 fully saturated rings. The van der Waals surface area contributed by atoms with Crippen LogP contribution < -0.4 is 15.1 Å². The normalized spacial score (nSPS) is 16.0. The van der Waals surface area contributed by atoms with Gasteiger partial charge in [0.2, 0.25) is 0 Å². The van der Waals surface area contributed by atoms with Gasteiger partial charge in [-0.1, -0.05) is 29.8 Å². The Hall–Kier alpha value is -2.37. The van der Waals surface area contributed by atoms with Crippen LogP contribution in [-0.4, -0.2) is 43.9 Å². The number of benzene rings is 2. The fourth-order valence-corrected chi connectivity index (χ4v) is 3.67. The van der Waals surface area contributed by atoms with Crippen LogP contribution in [0.25, 0.3) is 0 Å². The summed E-state index contributed by atoms with van der Waals surface area (Å²) in [5, 5.41) is 3.66. The zero-order valence-corrected chi connectivity index (χ0v) is 16.4. The molecule has 0 spiro atoms. The van der Waals surface area contributed by atoms with Gasteiger partial charge in [0.25, 0.3) is 5.91 Å². The Bertz CT molecular complexity index is 832. The average molecular weight is 387 g/mol. The van der Waals surface area contributed by atoms with E-state index in [0.717, 1.165) is 36.9 Å². The number of halogens is 1. The molecular weight excluding hydrogens is 362 g/mol. The number of anilines is 2. The second-order valence-corrected chi connectivity index (χ2v) is 7.37. The van der Waals surface area contributed by atoms with Crippen LogP contribution in [-0.2, 0) is 4.79 Å². The van der Waals surface area contributed by atoms with Crippen molar-refractivity contribution < 1.29 is 14.5 Å². The SMILES string of the molecule is CC(=O)c1ccccc1NC(=O)[C@@H](C)[NH+]1CCN(c2cccc(Cl)c2)CC1. The molecule has 1 aliphatic heterocycles. The van der Waals surface area contributed by atoms with Gasteiger partial charge in [-0.05, 0) is 44.2 Å². The van der Waals surface area contributed by atoms with Crippen molar-refractivity contribution in [3.63, 3.8) is 0 Å². The van der Waals surface area contributed by atoms with Crippen LogP contribution in [0.15, 0.2) is 48.5 Å². The van der Waals surface area contributed by atoms with Crippen molar-refractivity contribution in [2.45, 2.75) is 19.9 Å². The van der Waals surface area contributed by atoms with E-state index in [1.807, 2.05) is 31.2 Å². The highest BCUT2D eigenvalue weighted by molar-refractivity contribution is 6.30.